The van der Waals surface area contributed by atoms with Crippen molar-refractivity contribution in [1.29, 1.82) is 0 Å². The molecule has 2 heterocycles. The molecule has 0 aromatic carbocycles. The molecule has 5 heteroatoms. The van der Waals surface area contributed by atoms with Crippen molar-refractivity contribution in [1.82, 2.24) is 10.3 Å². The topological polar surface area (TPSA) is 79.3 Å². The molecule has 1 amide bonds. The van der Waals surface area contributed by atoms with Crippen LogP contribution in [-0.2, 0) is 9.59 Å². The number of aromatic nitrogens is 1. The first-order valence-electron chi connectivity index (χ1n) is 4.35. The van der Waals surface area contributed by atoms with Gasteiger partial charge in [-0.15, -0.1) is 0 Å². The third-order valence-corrected chi connectivity index (χ3v) is 2.11. The van der Waals surface area contributed by atoms with Crippen LogP contribution in [0.3, 0.4) is 0 Å². The quantitative estimate of drug-likeness (QED) is 0.730. The zero-order valence-electron chi connectivity index (χ0n) is 7.73. The van der Waals surface area contributed by atoms with Crippen LogP contribution in [0.1, 0.15) is 12.0 Å². The monoisotopic (exact) mass is 204 g/mol. The highest BCUT2D eigenvalue weighted by molar-refractivity contribution is 6.08. The Morgan fingerprint density at radius 1 is 1.53 bits per heavy atom. The van der Waals surface area contributed by atoms with Crippen LogP contribution < -0.4 is 5.32 Å². The van der Waals surface area contributed by atoms with Gasteiger partial charge in [-0.3, -0.25) is 9.78 Å². The second-order valence-electron chi connectivity index (χ2n) is 3.13. The van der Waals surface area contributed by atoms with Gasteiger partial charge in [0.05, 0.1) is 17.7 Å². The number of hydrogen-bond donors (Lipinski definition) is 2. The number of hydrogen-bond acceptors (Lipinski definition) is 3. The molecule has 5 nitrogen and oxygen atoms in total. The highest BCUT2D eigenvalue weighted by Gasteiger charge is 2.26. The number of nitrogens with zero attached hydrogens (tertiary/aromatic N) is 1. The van der Waals surface area contributed by atoms with Gasteiger partial charge in [0.2, 0.25) is 5.91 Å². The molecule has 0 saturated heterocycles. The normalized spacial score (nSPS) is 15.3. The summed E-state index contributed by atoms with van der Waals surface area (Å²) in [5.74, 6) is -1.38. The van der Waals surface area contributed by atoms with Gasteiger partial charge in [-0.25, -0.2) is 4.79 Å². The minimum absolute atomic E-state index is 0.0838. The Labute approximate surface area is 85.4 Å². The van der Waals surface area contributed by atoms with Crippen LogP contribution in [-0.4, -0.2) is 22.0 Å². The fourth-order valence-electron chi connectivity index (χ4n) is 1.45. The van der Waals surface area contributed by atoms with Crippen LogP contribution in [0.4, 0.5) is 0 Å². The Hall–Kier alpha value is -2.17. The molecule has 1 aromatic heterocycles. The molecule has 0 radical (unpaired) electrons. The highest BCUT2D eigenvalue weighted by Crippen LogP contribution is 2.23. The molecule has 1 aromatic rings. The van der Waals surface area contributed by atoms with Crippen LogP contribution in [0.5, 0.6) is 0 Å². The average Bonchev–Trinajstić information content (AvgIpc) is 2.62. The Morgan fingerprint density at radius 2 is 2.33 bits per heavy atom. The van der Waals surface area contributed by atoms with E-state index in [1.807, 2.05) is 0 Å². The number of pyridine rings is 1. The second-order valence-corrected chi connectivity index (χ2v) is 3.13. The van der Waals surface area contributed by atoms with E-state index >= 15 is 0 Å². The maximum Gasteiger partial charge on any atom is 0.334 e. The molecule has 0 fully saturated rings. The number of carbonyl (C=O) groups excluding carboxylic acids is 1. The Balaban J connectivity index is 2.46. The van der Waals surface area contributed by atoms with Crippen LogP contribution >= 0.6 is 0 Å². The lowest BCUT2D eigenvalue weighted by Gasteiger charge is -2.02. The van der Waals surface area contributed by atoms with E-state index in [-0.39, 0.29) is 17.9 Å². The minimum Gasteiger partial charge on any atom is -0.478 e. The summed E-state index contributed by atoms with van der Waals surface area (Å²) >= 11 is 0. The lowest BCUT2D eigenvalue weighted by atomic mass is 10.1. The predicted octanol–water partition coefficient (Wildman–Crippen LogP) is 0.397. The molecule has 0 unspecified atom stereocenters. The third-order valence-electron chi connectivity index (χ3n) is 2.11. The van der Waals surface area contributed by atoms with Crippen molar-refractivity contribution in [3.8, 4) is 0 Å². The van der Waals surface area contributed by atoms with Crippen LogP contribution in [0, 0.1) is 0 Å². The van der Waals surface area contributed by atoms with Crippen LogP contribution in [0.25, 0.3) is 5.70 Å². The minimum atomic E-state index is -1.08. The van der Waals surface area contributed by atoms with E-state index in [2.05, 4.69) is 10.3 Å². The molecule has 15 heavy (non-hydrogen) atoms. The molecule has 0 atom stereocenters. The molecule has 2 rings (SSSR count). The SMILES string of the molecule is O=C1CC(C(=O)O)=C(c2cccnc2)N1. The van der Waals surface area contributed by atoms with E-state index in [4.69, 9.17) is 5.11 Å². The number of carboxylic acids is 1. The summed E-state index contributed by atoms with van der Waals surface area (Å²) in [6.45, 7) is 0. The van der Waals surface area contributed by atoms with Crippen molar-refractivity contribution in [3.05, 3.63) is 35.7 Å². The Bertz CT molecular complexity index is 451. The highest BCUT2D eigenvalue weighted by atomic mass is 16.4. The zero-order chi connectivity index (χ0) is 10.8. The molecule has 1 aliphatic heterocycles. The number of carboxylic acid groups (broad SMARTS) is 1. The van der Waals surface area contributed by atoms with E-state index in [1.54, 1.807) is 18.3 Å². The van der Waals surface area contributed by atoms with Gasteiger partial charge in [-0.2, -0.15) is 0 Å². The maximum atomic E-state index is 11.1. The molecule has 0 bridgehead atoms. The Morgan fingerprint density at radius 3 is 2.93 bits per heavy atom. The fraction of sp³-hybridized carbons (Fsp3) is 0.100. The lowest BCUT2D eigenvalue weighted by Crippen LogP contribution is -2.14. The van der Waals surface area contributed by atoms with Crippen molar-refractivity contribution >= 4 is 17.6 Å². The van der Waals surface area contributed by atoms with Gasteiger partial charge < -0.3 is 10.4 Å². The zero-order valence-corrected chi connectivity index (χ0v) is 7.73. The first kappa shape index (κ1) is 9.39. The molecule has 0 spiro atoms. The van der Waals surface area contributed by atoms with Gasteiger partial charge in [-0.05, 0) is 12.1 Å². The molecule has 76 valence electrons. The van der Waals surface area contributed by atoms with Crippen molar-refractivity contribution in [2.75, 3.05) is 0 Å². The number of rotatable bonds is 2. The van der Waals surface area contributed by atoms with Gasteiger partial charge in [0, 0.05) is 18.0 Å². The summed E-state index contributed by atoms with van der Waals surface area (Å²) in [6.07, 6.45) is 3.02. The average molecular weight is 204 g/mol. The second kappa shape index (κ2) is 3.53. The summed E-state index contributed by atoms with van der Waals surface area (Å²) in [5, 5.41) is 11.4. The van der Waals surface area contributed by atoms with Gasteiger partial charge in [-0.1, -0.05) is 0 Å². The summed E-state index contributed by atoms with van der Waals surface area (Å²) in [5.41, 5.74) is 1.05. The predicted molar refractivity (Wildman–Crippen MR) is 51.6 cm³/mol. The molecule has 0 saturated carbocycles. The Kier molecular flexibility index (Phi) is 2.21. The molecular formula is C10H8N2O3. The van der Waals surface area contributed by atoms with Crippen molar-refractivity contribution in [3.63, 3.8) is 0 Å². The lowest BCUT2D eigenvalue weighted by molar-refractivity contribution is -0.133. The summed E-state index contributed by atoms with van der Waals surface area (Å²) in [6, 6.07) is 3.39. The first-order chi connectivity index (χ1) is 7.18. The number of carbonyl (C=O) groups is 2. The van der Waals surface area contributed by atoms with Crippen molar-refractivity contribution in [2.24, 2.45) is 0 Å². The van der Waals surface area contributed by atoms with E-state index in [1.165, 1.54) is 6.20 Å². The van der Waals surface area contributed by atoms with Crippen molar-refractivity contribution < 1.29 is 14.7 Å². The number of amides is 1. The van der Waals surface area contributed by atoms with E-state index < -0.39 is 5.97 Å². The van der Waals surface area contributed by atoms with Gasteiger partial charge in [0.1, 0.15) is 0 Å². The van der Waals surface area contributed by atoms with Crippen molar-refractivity contribution in [2.45, 2.75) is 6.42 Å². The van der Waals surface area contributed by atoms with Gasteiger partial charge >= 0.3 is 5.97 Å². The number of nitrogens with one attached hydrogen (secondary N) is 1. The number of aliphatic carboxylic acids is 1. The molecule has 2 N–H and O–H groups in total. The standard InChI is InChI=1S/C10H8N2O3/c13-8-4-7(10(14)15)9(12-8)6-2-1-3-11-5-6/h1-3,5H,4H2,(H,12,13)(H,14,15). The van der Waals surface area contributed by atoms with E-state index in [0.29, 0.717) is 11.3 Å². The summed E-state index contributed by atoms with van der Waals surface area (Å²) in [7, 11) is 0. The van der Waals surface area contributed by atoms with Crippen LogP contribution in [0.2, 0.25) is 0 Å². The summed E-state index contributed by atoms with van der Waals surface area (Å²) in [4.78, 5) is 25.8. The molecular weight excluding hydrogens is 196 g/mol. The van der Waals surface area contributed by atoms with Crippen LogP contribution in [0.15, 0.2) is 30.1 Å². The third kappa shape index (κ3) is 1.71. The first-order valence-corrected chi connectivity index (χ1v) is 4.35. The molecule has 0 aliphatic carbocycles. The summed E-state index contributed by atoms with van der Waals surface area (Å²) < 4.78 is 0. The van der Waals surface area contributed by atoms with Gasteiger partial charge in [0.25, 0.3) is 0 Å². The smallest absolute Gasteiger partial charge is 0.334 e. The van der Waals surface area contributed by atoms with E-state index in [9.17, 15) is 9.59 Å². The molecule has 1 aliphatic rings. The largest absolute Gasteiger partial charge is 0.478 e. The maximum absolute atomic E-state index is 11.1. The van der Waals surface area contributed by atoms with E-state index in [0.717, 1.165) is 0 Å². The van der Waals surface area contributed by atoms with Gasteiger partial charge in [0.15, 0.2) is 0 Å². The fourth-order valence-corrected chi connectivity index (χ4v) is 1.45.